The van der Waals surface area contributed by atoms with Crippen LogP contribution in [0.4, 0.5) is 0 Å². The average molecular weight is 172 g/mol. The van der Waals surface area contributed by atoms with Crippen molar-refractivity contribution in [1.82, 2.24) is 10.2 Å². The van der Waals surface area contributed by atoms with Gasteiger partial charge in [-0.05, 0) is 32.5 Å². The van der Waals surface area contributed by atoms with E-state index in [2.05, 4.69) is 24.1 Å². The largest absolute Gasteiger partial charge is 0.359 e. The first-order valence-corrected chi connectivity index (χ1v) is 4.74. The Balaban J connectivity index is 3.11. The molecule has 72 valence electrons. The van der Waals surface area contributed by atoms with E-state index in [-0.39, 0.29) is 0 Å². The molecule has 1 amide bonds. The Morgan fingerprint density at radius 1 is 1.25 bits per heavy atom. The molecule has 0 radical (unpaired) electrons. The number of rotatable bonds is 8. The number of hydrogen-bond donors (Lipinski definition) is 1. The zero-order valence-corrected chi connectivity index (χ0v) is 8.18. The van der Waals surface area contributed by atoms with E-state index < -0.39 is 0 Å². The van der Waals surface area contributed by atoms with Gasteiger partial charge in [0, 0.05) is 6.54 Å². The molecule has 0 aromatic heterocycles. The Bertz CT molecular complexity index is 103. The standard InChI is InChI=1S/C9H20N2O/c1-3-11(4-2)8-6-5-7-10-9-12/h9H,3-8H2,1-2H3,(H,10,12). The first-order chi connectivity index (χ1) is 5.85. The van der Waals surface area contributed by atoms with Gasteiger partial charge in [0.05, 0.1) is 0 Å². The fourth-order valence-corrected chi connectivity index (χ4v) is 1.16. The lowest BCUT2D eigenvalue weighted by atomic mass is 10.3. The van der Waals surface area contributed by atoms with Crippen molar-refractivity contribution in [3.8, 4) is 0 Å². The van der Waals surface area contributed by atoms with Crippen molar-refractivity contribution < 1.29 is 4.79 Å². The minimum atomic E-state index is 0.761. The zero-order chi connectivity index (χ0) is 9.23. The molecule has 3 nitrogen and oxygen atoms in total. The van der Waals surface area contributed by atoms with Crippen molar-refractivity contribution in [1.29, 1.82) is 0 Å². The second-order valence-electron chi connectivity index (χ2n) is 2.81. The molecule has 0 aliphatic rings. The molecule has 0 aromatic carbocycles. The van der Waals surface area contributed by atoms with Gasteiger partial charge in [-0.3, -0.25) is 4.79 Å². The third kappa shape index (κ3) is 6.16. The van der Waals surface area contributed by atoms with E-state index in [1.54, 1.807) is 0 Å². The van der Waals surface area contributed by atoms with Crippen LogP contribution in [0.1, 0.15) is 26.7 Å². The van der Waals surface area contributed by atoms with Gasteiger partial charge in [0.2, 0.25) is 6.41 Å². The molecule has 12 heavy (non-hydrogen) atoms. The van der Waals surface area contributed by atoms with E-state index in [1.807, 2.05) is 0 Å². The van der Waals surface area contributed by atoms with Crippen molar-refractivity contribution in [2.24, 2.45) is 0 Å². The van der Waals surface area contributed by atoms with Crippen molar-refractivity contribution in [3.63, 3.8) is 0 Å². The van der Waals surface area contributed by atoms with Gasteiger partial charge in [0.25, 0.3) is 0 Å². The molecule has 0 saturated carbocycles. The number of unbranched alkanes of at least 4 members (excludes halogenated alkanes) is 1. The molecular formula is C9H20N2O. The van der Waals surface area contributed by atoms with Crippen LogP contribution in [0.15, 0.2) is 0 Å². The Hall–Kier alpha value is -0.570. The summed E-state index contributed by atoms with van der Waals surface area (Å²) < 4.78 is 0. The van der Waals surface area contributed by atoms with Crippen molar-refractivity contribution >= 4 is 6.41 Å². The third-order valence-electron chi connectivity index (χ3n) is 2.02. The van der Waals surface area contributed by atoms with Crippen LogP contribution in [-0.2, 0) is 4.79 Å². The summed E-state index contributed by atoms with van der Waals surface area (Å²) in [5.74, 6) is 0. The van der Waals surface area contributed by atoms with E-state index in [0.29, 0.717) is 0 Å². The molecule has 0 aliphatic carbocycles. The molecule has 0 fully saturated rings. The minimum Gasteiger partial charge on any atom is -0.359 e. The van der Waals surface area contributed by atoms with Gasteiger partial charge in [0.15, 0.2) is 0 Å². The summed E-state index contributed by atoms with van der Waals surface area (Å²) >= 11 is 0. The fraction of sp³-hybridized carbons (Fsp3) is 0.889. The average Bonchev–Trinajstić information content (AvgIpc) is 2.11. The van der Waals surface area contributed by atoms with Crippen molar-refractivity contribution in [2.45, 2.75) is 26.7 Å². The van der Waals surface area contributed by atoms with E-state index in [9.17, 15) is 4.79 Å². The number of carbonyl (C=O) groups is 1. The van der Waals surface area contributed by atoms with Crippen molar-refractivity contribution in [2.75, 3.05) is 26.2 Å². The lowest BCUT2D eigenvalue weighted by Crippen LogP contribution is -2.24. The number of hydrogen-bond acceptors (Lipinski definition) is 2. The second-order valence-corrected chi connectivity index (χ2v) is 2.81. The lowest BCUT2D eigenvalue weighted by Gasteiger charge is -2.17. The van der Waals surface area contributed by atoms with Crippen LogP contribution in [-0.4, -0.2) is 37.5 Å². The van der Waals surface area contributed by atoms with Crippen LogP contribution in [0.3, 0.4) is 0 Å². The molecule has 0 spiro atoms. The van der Waals surface area contributed by atoms with Gasteiger partial charge in [-0.1, -0.05) is 13.8 Å². The van der Waals surface area contributed by atoms with Crippen LogP contribution in [0.5, 0.6) is 0 Å². The summed E-state index contributed by atoms with van der Waals surface area (Å²) in [6, 6.07) is 0. The van der Waals surface area contributed by atoms with Gasteiger partial charge in [-0.25, -0.2) is 0 Å². The lowest BCUT2D eigenvalue weighted by molar-refractivity contribution is -0.109. The minimum absolute atomic E-state index is 0.761. The highest BCUT2D eigenvalue weighted by Crippen LogP contribution is 1.93. The molecular weight excluding hydrogens is 152 g/mol. The summed E-state index contributed by atoms with van der Waals surface area (Å²) in [4.78, 5) is 12.3. The van der Waals surface area contributed by atoms with Crippen LogP contribution < -0.4 is 5.32 Å². The number of amides is 1. The Kier molecular flexibility index (Phi) is 8.12. The molecule has 3 heteroatoms. The predicted molar refractivity (Wildman–Crippen MR) is 51.1 cm³/mol. The Morgan fingerprint density at radius 2 is 1.92 bits per heavy atom. The van der Waals surface area contributed by atoms with E-state index in [1.165, 1.54) is 6.42 Å². The Morgan fingerprint density at radius 3 is 2.42 bits per heavy atom. The van der Waals surface area contributed by atoms with Crippen molar-refractivity contribution in [3.05, 3.63) is 0 Å². The van der Waals surface area contributed by atoms with Crippen LogP contribution in [0.25, 0.3) is 0 Å². The Labute approximate surface area is 75.1 Å². The summed E-state index contributed by atoms with van der Waals surface area (Å²) in [5, 5.41) is 2.66. The topological polar surface area (TPSA) is 32.3 Å². The maximum absolute atomic E-state index is 9.89. The SMILES string of the molecule is CCN(CC)CCCCNC=O. The van der Waals surface area contributed by atoms with Gasteiger partial charge in [-0.2, -0.15) is 0 Å². The van der Waals surface area contributed by atoms with Gasteiger partial charge >= 0.3 is 0 Å². The number of nitrogens with one attached hydrogen (secondary N) is 1. The summed E-state index contributed by atoms with van der Waals surface area (Å²) in [6.07, 6.45) is 3.01. The summed E-state index contributed by atoms with van der Waals surface area (Å²) in [6.45, 7) is 8.55. The second kappa shape index (κ2) is 8.53. The molecule has 0 atom stereocenters. The first kappa shape index (κ1) is 11.4. The maximum Gasteiger partial charge on any atom is 0.207 e. The van der Waals surface area contributed by atoms with Gasteiger partial charge in [-0.15, -0.1) is 0 Å². The predicted octanol–water partition coefficient (Wildman–Crippen LogP) is 0.854. The molecule has 0 bridgehead atoms. The molecule has 1 N–H and O–H groups in total. The van der Waals surface area contributed by atoms with Gasteiger partial charge in [0.1, 0.15) is 0 Å². The summed E-state index contributed by atoms with van der Waals surface area (Å²) in [5.41, 5.74) is 0. The number of carbonyl (C=O) groups excluding carboxylic acids is 1. The molecule has 0 aliphatic heterocycles. The third-order valence-corrected chi connectivity index (χ3v) is 2.02. The number of nitrogens with zero attached hydrogens (tertiary/aromatic N) is 1. The molecule has 0 aromatic rings. The smallest absolute Gasteiger partial charge is 0.207 e. The van der Waals surface area contributed by atoms with E-state index in [4.69, 9.17) is 0 Å². The highest BCUT2D eigenvalue weighted by atomic mass is 16.1. The molecule has 0 saturated heterocycles. The summed E-state index contributed by atoms with van der Waals surface area (Å²) in [7, 11) is 0. The maximum atomic E-state index is 9.89. The van der Waals surface area contributed by atoms with Gasteiger partial charge < -0.3 is 10.2 Å². The normalized spacial score (nSPS) is 10.2. The quantitative estimate of drug-likeness (QED) is 0.435. The zero-order valence-electron chi connectivity index (χ0n) is 8.18. The first-order valence-electron chi connectivity index (χ1n) is 4.74. The molecule has 0 rings (SSSR count). The van der Waals surface area contributed by atoms with E-state index >= 15 is 0 Å². The van der Waals surface area contributed by atoms with Crippen LogP contribution in [0.2, 0.25) is 0 Å². The molecule has 0 unspecified atom stereocenters. The monoisotopic (exact) mass is 172 g/mol. The van der Waals surface area contributed by atoms with Crippen LogP contribution >= 0.6 is 0 Å². The fourth-order valence-electron chi connectivity index (χ4n) is 1.16. The van der Waals surface area contributed by atoms with Crippen LogP contribution in [0, 0.1) is 0 Å². The molecule has 0 heterocycles. The highest BCUT2D eigenvalue weighted by Gasteiger charge is 1.96. The highest BCUT2D eigenvalue weighted by molar-refractivity contribution is 5.45. The van der Waals surface area contributed by atoms with E-state index in [0.717, 1.165) is 39.0 Å².